The predicted molar refractivity (Wildman–Crippen MR) is 166 cm³/mol. The molecule has 8 aromatic rings. The molecule has 2 aromatic heterocycles. The van der Waals surface area contributed by atoms with Gasteiger partial charge in [-0.15, -0.1) is 11.3 Å². The van der Waals surface area contributed by atoms with Crippen LogP contribution in [0.15, 0.2) is 130 Å². The van der Waals surface area contributed by atoms with E-state index in [0.29, 0.717) is 0 Å². The molecule has 0 saturated carbocycles. The van der Waals surface area contributed by atoms with E-state index in [2.05, 4.69) is 130 Å². The lowest BCUT2D eigenvalue weighted by molar-refractivity contribution is 0.669. The van der Waals surface area contributed by atoms with Crippen LogP contribution in [0.25, 0.3) is 52.9 Å². The summed E-state index contributed by atoms with van der Waals surface area (Å²) in [5.74, 6) is 0. The lowest BCUT2D eigenvalue weighted by Gasteiger charge is -2.26. The third-order valence-corrected chi connectivity index (χ3v) is 9.00. The molecule has 0 spiro atoms. The summed E-state index contributed by atoms with van der Waals surface area (Å²) in [4.78, 5) is 2.36. The molecule has 0 radical (unpaired) electrons. The zero-order valence-corrected chi connectivity index (χ0v) is 22.6. The Balaban J connectivity index is 1.48. The molecular formula is C34H20BrNOS. The third-order valence-electron chi connectivity index (χ3n) is 7.29. The lowest BCUT2D eigenvalue weighted by Crippen LogP contribution is -2.10. The van der Waals surface area contributed by atoms with E-state index in [-0.39, 0.29) is 0 Å². The number of anilines is 3. The molecule has 38 heavy (non-hydrogen) atoms. The standard InChI is InChI=1S/C34H20BrNOS/c35-23-16-18-32-28(20-23)27-11-6-13-30(34(27)38-32)36(24-17-15-21-7-1-2-8-22(21)19-24)29-12-5-10-26-25-9-3-4-14-31(25)37-33(26)29/h1-20H. The van der Waals surface area contributed by atoms with Gasteiger partial charge in [-0.2, -0.15) is 0 Å². The number of para-hydroxylation sites is 2. The first-order valence-corrected chi connectivity index (χ1v) is 14.2. The van der Waals surface area contributed by atoms with Crippen molar-refractivity contribution in [1.82, 2.24) is 0 Å². The molecule has 6 aromatic carbocycles. The first-order valence-electron chi connectivity index (χ1n) is 12.5. The molecule has 0 aliphatic rings. The highest BCUT2D eigenvalue weighted by Crippen LogP contribution is 2.48. The van der Waals surface area contributed by atoms with Crippen molar-refractivity contribution in [1.29, 1.82) is 0 Å². The van der Waals surface area contributed by atoms with Gasteiger partial charge in [0.15, 0.2) is 5.58 Å². The maximum atomic E-state index is 6.54. The Morgan fingerprint density at radius 1 is 0.579 bits per heavy atom. The quantitative estimate of drug-likeness (QED) is 0.210. The maximum absolute atomic E-state index is 6.54. The van der Waals surface area contributed by atoms with E-state index in [4.69, 9.17) is 4.42 Å². The second-order valence-corrected chi connectivity index (χ2v) is 11.5. The second-order valence-electron chi connectivity index (χ2n) is 9.52. The van der Waals surface area contributed by atoms with E-state index in [9.17, 15) is 0 Å². The van der Waals surface area contributed by atoms with E-state index >= 15 is 0 Å². The molecule has 0 bridgehead atoms. The van der Waals surface area contributed by atoms with Crippen molar-refractivity contribution >= 4 is 97.2 Å². The molecular weight excluding hydrogens is 550 g/mol. The molecule has 180 valence electrons. The van der Waals surface area contributed by atoms with Gasteiger partial charge < -0.3 is 9.32 Å². The Bertz CT molecular complexity index is 2170. The number of benzene rings is 6. The molecule has 0 atom stereocenters. The molecule has 0 aliphatic heterocycles. The molecule has 2 nitrogen and oxygen atoms in total. The van der Waals surface area contributed by atoms with Crippen molar-refractivity contribution < 1.29 is 4.42 Å². The van der Waals surface area contributed by atoms with Crippen LogP contribution in [0.4, 0.5) is 17.1 Å². The number of hydrogen-bond donors (Lipinski definition) is 0. The van der Waals surface area contributed by atoms with Gasteiger partial charge in [-0.25, -0.2) is 0 Å². The van der Waals surface area contributed by atoms with Crippen LogP contribution in [0.3, 0.4) is 0 Å². The Morgan fingerprint density at radius 2 is 1.34 bits per heavy atom. The van der Waals surface area contributed by atoms with E-state index in [1.54, 1.807) is 0 Å². The number of fused-ring (bicyclic) bond motifs is 7. The molecule has 0 saturated heterocycles. The van der Waals surface area contributed by atoms with Gasteiger partial charge in [0, 0.05) is 36.4 Å². The van der Waals surface area contributed by atoms with Crippen LogP contribution in [-0.4, -0.2) is 0 Å². The van der Waals surface area contributed by atoms with Gasteiger partial charge in [0.2, 0.25) is 0 Å². The fraction of sp³-hybridized carbons (Fsp3) is 0. The van der Waals surface area contributed by atoms with Crippen LogP contribution in [0.2, 0.25) is 0 Å². The average molecular weight is 571 g/mol. The lowest BCUT2D eigenvalue weighted by atomic mass is 10.1. The largest absolute Gasteiger partial charge is 0.454 e. The number of hydrogen-bond acceptors (Lipinski definition) is 3. The molecule has 0 amide bonds. The summed E-state index contributed by atoms with van der Waals surface area (Å²) < 4.78 is 10.2. The minimum Gasteiger partial charge on any atom is -0.454 e. The zero-order chi connectivity index (χ0) is 25.2. The van der Waals surface area contributed by atoms with Crippen LogP contribution >= 0.6 is 27.3 Å². The van der Waals surface area contributed by atoms with Crippen molar-refractivity contribution in [3.05, 3.63) is 126 Å². The van der Waals surface area contributed by atoms with Crippen molar-refractivity contribution in [2.75, 3.05) is 4.90 Å². The van der Waals surface area contributed by atoms with E-state index in [1.807, 2.05) is 23.5 Å². The van der Waals surface area contributed by atoms with Crippen LogP contribution in [-0.2, 0) is 0 Å². The highest BCUT2D eigenvalue weighted by Gasteiger charge is 2.22. The summed E-state index contributed by atoms with van der Waals surface area (Å²) in [6.07, 6.45) is 0. The number of halogens is 1. The number of nitrogens with zero attached hydrogens (tertiary/aromatic N) is 1. The normalized spacial score (nSPS) is 11.8. The SMILES string of the molecule is Brc1ccc2sc3c(N(c4ccc5ccccc5c4)c4cccc5c4oc4ccccc45)cccc3c2c1. The van der Waals surface area contributed by atoms with Gasteiger partial charge in [0.05, 0.1) is 16.1 Å². The van der Waals surface area contributed by atoms with Gasteiger partial charge in [-0.05, 0) is 59.3 Å². The summed E-state index contributed by atoms with van der Waals surface area (Å²) in [7, 11) is 0. The average Bonchev–Trinajstić information content (AvgIpc) is 3.52. The van der Waals surface area contributed by atoms with Gasteiger partial charge in [-0.1, -0.05) is 88.7 Å². The Morgan fingerprint density at radius 3 is 2.26 bits per heavy atom. The summed E-state index contributed by atoms with van der Waals surface area (Å²) in [5.41, 5.74) is 5.06. The summed E-state index contributed by atoms with van der Waals surface area (Å²) in [6.45, 7) is 0. The van der Waals surface area contributed by atoms with Crippen molar-refractivity contribution in [2.45, 2.75) is 0 Å². The van der Waals surface area contributed by atoms with Crippen molar-refractivity contribution in [2.24, 2.45) is 0 Å². The minimum absolute atomic E-state index is 0.891. The topological polar surface area (TPSA) is 16.4 Å². The Labute approximate surface area is 231 Å². The molecule has 0 unspecified atom stereocenters. The molecule has 4 heteroatoms. The minimum atomic E-state index is 0.891. The summed E-state index contributed by atoms with van der Waals surface area (Å²) in [5, 5.41) is 7.21. The molecule has 8 rings (SSSR count). The number of thiophene rings is 1. The molecule has 0 N–H and O–H groups in total. The fourth-order valence-corrected chi connectivity index (χ4v) is 7.11. The second kappa shape index (κ2) is 8.45. The number of rotatable bonds is 3. The summed E-state index contributed by atoms with van der Waals surface area (Å²) in [6, 6.07) is 43.1. The summed E-state index contributed by atoms with van der Waals surface area (Å²) >= 11 is 5.51. The Hall–Kier alpha value is -4.12. The molecule has 2 heterocycles. The van der Waals surface area contributed by atoms with E-state index in [0.717, 1.165) is 43.5 Å². The molecule has 0 fully saturated rings. The van der Waals surface area contributed by atoms with Crippen molar-refractivity contribution in [3.63, 3.8) is 0 Å². The van der Waals surface area contributed by atoms with Crippen LogP contribution in [0.1, 0.15) is 0 Å². The fourth-order valence-electron chi connectivity index (χ4n) is 5.56. The third kappa shape index (κ3) is 3.31. The number of furan rings is 1. The van der Waals surface area contributed by atoms with Crippen LogP contribution < -0.4 is 4.90 Å². The van der Waals surface area contributed by atoms with Crippen LogP contribution in [0.5, 0.6) is 0 Å². The maximum Gasteiger partial charge on any atom is 0.159 e. The zero-order valence-electron chi connectivity index (χ0n) is 20.2. The highest BCUT2D eigenvalue weighted by atomic mass is 79.9. The van der Waals surface area contributed by atoms with Gasteiger partial charge in [-0.3, -0.25) is 0 Å². The first-order chi connectivity index (χ1) is 18.7. The van der Waals surface area contributed by atoms with Crippen LogP contribution in [0, 0.1) is 0 Å². The Kier molecular flexibility index (Phi) is 4.87. The smallest absolute Gasteiger partial charge is 0.159 e. The first kappa shape index (κ1) is 21.9. The van der Waals surface area contributed by atoms with Crippen molar-refractivity contribution in [3.8, 4) is 0 Å². The predicted octanol–water partition coefficient (Wildman–Crippen LogP) is 11.3. The van der Waals surface area contributed by atoms with Gasteiger partial charge in [0.25, 0.3) is 0 Å². The van der Waals surface area contributed by atoms with E-state index < -0.39 is 0 Å². The van der Waals surface area contributed by atoms with Gasteiger partial charge >= 0.3 is 0 Å². The molecule has 0 aliphatic carbocycles. The highest BCUT2D eigenvalue weighted by molar-refractivity contribution is 9.10. The van der Waals surface area contributed by atoms with E-state index in [1.165, 1.54) is 30.9 Å². The monoisotopic (exact) mass is 569 g/mol. The van der Waals surface area contributed by atoms with Gasteiger partial charge in [0.1, 0.15) is 5.58 Å².